The van der Waals surface area contributed by atoms with Crippen LogP contribution in [0.15, 0.2) is 30.9 Å². The molecule has 3 aromatic rings. The summed E-state index contributed by atoms with van der Waals surface area (Å²) in [6, 6.07) is 3.64. The van der Waals surface area contributed by atoms with E-state index in [0.29, 0.717) is 34.8 Å². The summed E-state index contributed by atoms with van der Waals surface area (Å²) in [5, 5.41) is 6.41. The highest BCUT2D eigenvalue weighted by Crippen LogP contribution is 2.41. The van der Waals surface area contributed by atoms with E-state index in [0.717, 1.165) is 18.5 Å². The second-order valence-electron chi connectivity index (χ2n) is 8.13. The number of aromatic nitrogens is 4. The minimum atomic E-state index is -0.572. The molecule has 1 aliphatic rings. The van der Waals surface area contributed by atoms with Gasteiger partial charge in [-0.15, -0.1) is 0 Å². The zero-order chi connectivity index (χ0) is 20.6. The quantitative estimate of drug-likeness (QED) is 0.592. The molecule has 2 N–H and O–H groups in total. The standard InChI is InChI=1S/C20H23ClN6O2/c1-20(2,3)29-19(28)26-15-6-13(12-4-5-12)9-27-10-14(25-18(15)27)8-22-17-7-16(21)23-11-24-17/h6-7,9-12H,4-5,8H2,1-3H3,(H,26,28)(H,22,23,24). The number of carbonyl (C=O) groups is 1. The highest BCUT2D eigenvalue weighted by atomic mass is 35.5. The largest absolute Gasteiger partial charge is 0.444 e. The SMILES string of the molecule is CC(C)(C)OC(=O)Nc1cc(C2CC2)cn2cc(CNc3cc(Cl)ncn3)nc12. The van der Waals surface area contributed by atoms with Crippen molar-refractivity contribution >= 4 is 34.8 Å². The smallest absolute Gasteiger partial charge is 0.412 e. The highest BCUT2D eigenvalue weighted by molar-refractivity contribution is 6.29. The molecule has 8 nitrogen and oxygen atoms in total. The number of nitrogens with zero attached hydrogens (tertiary/aromatic N) is 4. The van der Waals surface area contributed by atoms with E-state index in [2.05, 4.69) is 31.8 Å². The summed E-state index contributed by atoms with van der Waals surface area (Å²) in [6.07, 6.45) is 7.25. The minimum Gasteiger partial charge on any atom is -0.444 e. The Morgan fingerprint density at radius 3 is 2.76 bits per heavy atom. The van der Waals surface area contributed by atoms with Crippen LogP contribution in [0.4, 0.5) is 16.3 Å². The molecule has 4 rings (SSSR count). The van der Waals surface area contributed by atoms with Crippen molar-refractivity contribution < 1.29 is 9.53 Å². The molecular weight excluding hydrogens is 392 g/mol. The molecule has 29 heavy (non-hydrogen) atoms. The normalized spacial score (nSPS) is 14.1. The number of amides is 1. The van der Waals surface area contributed by atoms with Crippen molar-refractivity contribution in [2.45, 2.75) is 51.7 Å². The molecule has 0 aliphatic heterocycles. The Kier molecular flexibility index (Phi) is 5.04. The zero-order valence-corrected chi connectivity index (χ0v) is 17.3. The van der Waals surface area contributed by atoms with Crippen molar-refractivity contribution in [1.29, 1.82) is 0 Å². The summed E-state index contributed by atoms with van der Waals surface area (Å²) in [5.41, 5.74) is 2.72. The maximum absolute atomic E-state index is 12.3. The number of carbonyl (C=O) groups excluding carboxylic acids is 1. The summed E-state index contributed by atoms with van der Waals surface area (Å²) < 4.78 is 7.35. The predicted octanol–water partition coefficient (Wildman–Crippen LogP) is 4.61. The number of ether oxygens (including phenoxy) is 1. The number of hydrogen-bond acceptors (Lipinski definition) is 6. The van der Waals surface area contributed by atoms with Crippen molar-refractivity contribution in [1.82, 2.24) is 19.4 Å². The lowest BCUT2D eigenvalue weighted by molar-refractivity contribution is 0.0636. The number of imidazole rings is 1. The Morgan fingerprint density at radius 2 is 2.07 bits per heavy atom. The van der Waals surface area contributed by atoms with Gasteiger partial charge in [-0.3, -0.25) is 5.32 Å². The summed E-state index contributed by atoms with van der Waals surface area (Å²) in [7, 11) is 0. The molecule has 0 radical (unpaired) electrons. The van der Waals surface area contributed by atoms with Gasteiger partial charge in [-0.2, -0.15) is 0 Å². The van der Waals surface area contributed by atoms with Crippen molar-refractivity contribution in [2.24, 2.45) is 0 Å². The van der Waals surface area contributed by atoms with Crippen LogP contribution in [0.25, 0.3) is 5.65 Å². The van der Waals surface area contributed by atoms with E-state index in [-0.39, 0.29) is 0 Å². The number of halogens is 1. The molecule has 3 aromatic heterocycles. The van der Waals surface area contributed by atoms with E-state index in [1.165, 1.54) is 11.9 Å². The van der Waals surface area contributed by atoms with Crippen LogP contribution in [0, 0.1) is 0 Å². The van der Waals surface area contributed by atoms with E-state index in [9.17, 15) is 4.79 Å². The molecule has 0 atom stereocenters. The molecule has 0 bridgehead atoms. The van der Waals surface area contributed by atoms with Crippen LogP contribution >= 0.6 is 11.6 Å². The Morgan fingerprint density at radius 1 is 1.28 bits per heavy atom. The van der Waals surface area contributed by atoms with E-state index in [1.54, 1.807) is 6.07 Å². The first kappa shape index (κ1) is 19.4. The second-order valence-corrected chi connectivity index (χ2v) is 8.52. The van der Waals surface area contributed by atoms with Gasteiger partial charge in [-0.1, -0.05) is 11.6 Å². The predicted molar refractivity (Wildman–Crippen MR) is 111 cm³/mol. The van der Waals surface area contributed by atoms with Crippen LogP contribution in [0.5, 0.6) is 0 Å². The van der Waals surface area contributed by atoms with E-state index >= 15 is 0 Å². The summed E-state index contributed by atoms with van der Waals surface area (Å²) in [5.74, 6) is 1.15. The van der Waals surface area contributed by atoms with Crippen LogP contribution in [0.3, 0.4) is 0 Å². The first-order chi connectivity index (χ1) is 13.8. The topological polar surface area (TPSA) is 93.4 Å². The Hall–Kier alpha value is -2.87. The lowest BCUT2D eigenvalue weighted by Crippen LogP contribution is -2.27. The van der Waals surface area contributed by atoms with Gasteiger partial charge in [0, 0.05) is 18.5 Å². The van der Waals surface area contributed by atoms with Gasteiger partial charge >= 0.3 is 6.09 Å². The van der Waals surface area contributed by atoms with Crippen molar-refractivity contribution in [3.05, 3.63) is 47.3 Å². The number of rotatable bonds is 5. The molecule has 152 valence electrons. The second kappa shape index (κ2) is 7.51. The minimum absolute atomic E-state index is 0.371. The molecule has 0 aromatic carbocycles. The fourth-order valence-corrected chi connectivity index (χ4v) is 3.16. The van der Waals surface area contributed by atoms with Crippen LogP contribution in [-0.4, -0.2) is 31.0 Å². The number of fused-ring (bicyclic) bond motifs is 1. The molecule has 1 amide bonds. The molecule has 3 heterocycles. The van der Waals surface area contributed by atoms with Gasteiger partial charge in [0.2, 0.25) is 0 Å². The first-order valence-corrected chi connectivity index (χ1v) is 9.87. The third kappa shape index (κ3) is 4.95. The highest BCUT2D eigenvalue weighted by Gasteiger charge is 2.26. The zero-order valence-electron chi connectivity index (χ0n) is 16.6. The van der Waals surface area contributed by atoms with Crippen LogP contribution in [0.1, 0.15) is 50.8 Å². The summed E-state index contributed by atoms with van der Waals surface area (Å²) in [4.78, 5) is 25.0. The maximum Gasteiger partial charge on any atom is 0.412 e. The summed E-state index contributed by atoms with van der Waals surface area (Å²) in [6.45, 7) is 5.96. The fourth-order valence-electron chi connectivity index (χ4n) is 3.01. The molecule has 0 saturated heterocycles. The van der Waals surface area contributed by atoms with E-state index in [4.69, 9.17) is 16.3 Å². The maximum atomic E-state index is 12.3. The molecule has 0 spiro atoms. The molecule has 1 aliphatic carbocycles. The van der Waals surface area contributed by atoms with Crippen LogP contribution in [0.2, 0.25) is 5.15 Å². The molecule has 9 heteroatoms. The number of hydrogen-bond donors (Lipinski definition) is 2. The Bertz CT molecular complexity index is 1050. The molecular formula is C20H23ClN6O2. The lowest BCUT2D eigenvalue weighted by atomic mass is 10.2. The van der Waals surface area contributed by atoms with Crippen molar-refractivity contribution in [3.63, 3.8) is 0 Å². The van der Waals surface area contributed by atoms with E-state index in [1.807, 2.05) is 37.4 Å². The number of nitrogens with one attached hydrogen (secondary N) is 2. The monoisotopic (exact) mass is 414 g/mol. The van der Waals surface area contributed by atoms with Crippen LogP contribution < -0.4 is 10.6 Å². The van der Waals surface area contributed by atoms with Crippen LogP contribution in [-0.2, 0) is 11.3 Å². The van der Waals surface area contributed by atoms with Gasteiger partial charge in [0.15, 0.2) is 5.65 Å². The molecule has 0 unspecified atom stereocenters. The Labute approximate surface area is 173 Å². The Balaban J connectivity index is 1.59. The average molecular weight is 415 g/mol. The average Bonchev–Trinajstić information content (AvgIpc) is 3.38. The van der Waals surface area contributed by atoms with Gasteiger partial charge in [0.05, 0.1) is 17.9 Å². The number of anilines is 2. The van der Waals surface area contributed by atoms with Gasteiger partial charge in [-0.05, 0) is 51.2 Å². The molecule has 1 fully saturated rings. The first-order valence-electron chi connectivity index (χ1n) is 9.50. The third-order valence-corrected chi connectivity index (χ3v) is 4.60. The van der Waals surface area contributed by atoms with Gasteiger partial charge in [0.1, 0.15) is 22.9 Å². The van der Waals surface area contributed by atoms with Gasteiger partial charge in [0.25, 0.3) is 0 Å². The van der Waals surface area contributed by atoms with E-state index < -0.39 is 11.7 Å². The summed E-state index contributed by atoms with van der Waals surface area (Å²) >= 11 is 5.90. The van der Waals surface area contributed by atoms with Gasteiger partial charge < -0.3 is 14.5 Å². The fraction of sp³-hybridized carbons (Fsp3) is 0.400. The lowest BCUT2D eigenvalue weighted by Gasteiger charge is -2.20. The number of pyridine rings is 1. The van der Waals surface area contributed by atoms with Crippen molar-refractivity contribution in [3.8, 4) is 0 Å². The van der Waals surface area contributed by atoms with Gasteiger partial charge in [-0.25, -0.2) is 19.7 Å². The third-order valence-electron chi connectivity index (χ3n) is 4.39. The van der Waals surface area contributed by atoms with Crippen molar-refractivity contribution in [2.75, 3.05) is 10.6 Å². The molecule has 1 saturated carbocycles.